The topological polar surface area (TPSA) is 29.5 Å². The molecule has 1 aromatic carbocycles. The van der Waals surface area contributed by atoms with Crippen molar-refractivity contribution >= 4 is 12.0 Å². The normalized spacial score (nSPS) is 19.6. The number of benzene rings is 1. The number of hydrogen-bond acceptors (Lipinski definition) is 3. The summed E-state index contributed by atoms with van der Waals surface area (Å²) in [6.45, 7) is -0.537. The van der Waals surface area contributed by atoms with E-state index in [0.717, 1.165) is 0 Å². The van der Waals surface area contributed by atoms with Crippen LogP contribution in [0.2, 0.25) is 0 Å². The second-order valence-electron chi connectivity index (χ2n) is 4.10. The van der Waals surface area contributed by atoms with Gasteiger partial charge >= 0.3 is 0 Å². The van der Waals surface area contributed by atoms with E-state index in [2.05, 4.69) is 0 Å². The minimum Gasteiger partial charge on any atom is -0.369 e. The third-order valence-electron chi connectivity index (χ3n) is 2.79. The predicted octanol–water partition coefficient (Wildman–Crippen LogP) is 2.03. The molecule has 1 fully saturated rings. The molecule has 5 heteroatoms. The summed E-state index contributed by atoms with van der Waals surface area (Å²) < 4.78 is 30.5. The van der Waals surface area contributed by atoms with E-state index < -0.39 is 12.0 Å². The molecule has 1 atom stereocenters. The summed E-state index contributed by atoms with van der Waals surface area (Å²) in [4.78, 5) is 12.3. The molecule has 0 spiro atoms. The number of carbonyl (C=O) groups is 1. The van der Waals surface area contributed by atoms with Crippen molar-refractivity contribution in [2.75, 3.05) is 25.1 Å². The molecular weight excluding hydrogens is 228 g/mol. The highest BCUT2D eigenvalue weighted by Crippen LogP contribution is 2.32. The van der Waals surface area contributed by atoms with Crippen molar-refractivity contribution < 1.29 is 18.3 Å². The van der Waals surface area contributed by atoms with Crippen molar-refractivity contribution in [1.29, 1.82) is 0 Å². The summed E-state index contributed by atoms with van der Waals surface area (Å²) in [6.07, 6.45) is 0.0424. The fraction of sp³-hybridized carbons (Fsp3) is 0.417. The van der Waals surface area contributed by atoms with Crippen LogP contribution in [0.15, 0.2) is 24.3 Å². The molecule has 2 rings (SSSR count). The Bertz CT molecular complexity index is 415. The van der Waals surface area contributed by atoms with Crippen molar-refractivity contribution in [3.8, 4) is 0 Å². The minimum absolute atomic E-state index is 0.269. The maximum atomic E-state index is 12.7. The Morgan fingerprint density at radius 2 is 2.18 bits per heavy atom. The number of halogens is 2. The highest BCUT2D eigenvalue weighted by molar-refractivity contribution is 5.62. The zero-order valence-electron chi connectivity index (χ0n) is 9.40. The van der Waals surface area contributed by atoms with Crippen LogP contribution in [0.25, 0.3) is 0 Å². The van der Waals surface area contributed by atoms with Gasteiger partial charge in [-0.1, -0.05) is 12.1 Å². The number of methoxy groups -OCH3 is 1. The lowest BCUT2D eigenvalue weighted by Crippen LogP contribution is -2.56. The Kier molecular flexibility index (Phi) is 3.11. The first-order chi connectivity index (χ1) is 8.05. The molecule has 1 aliphatic rings. The van der Waals surface area contributed by atoms with Gasteiger partial charge in [-0.25, -0.2) is 8.78 Å². The van der Waals surface area contributed by atoms with Gasteiger partial charge in [-0.2, -0.15) is 0 Å². The molecule has 3 nitrogen and oxygen atoms in total. The smallest absolute Gasteiger partial charge is 0.282 e. The molecule has 0 aromatic heterocycles. The summed E-state index contributed by atoms with van der Waals surface area (Å²) in [5.41, 5.74) is 1.37. The van der Waals surface area contributed by atoms with Crippen molar-refractivity contribution in [1.82, 2.24) is 0 Å². The van der Waals surface area contributed by atoms with E-state index in [9.17, 15) is 13.6 Å². The van der Waals surface area contributed by atoms with Crippen LogP contribution in [-0.4, -0.2) is 32.4 Å². The number of rotatable bonds is 4. The summed E-state index contributed by atoms with van der Waals surface area (Å²) in [7, 11) is 1.43. The van der Waals surface area contributed by atoms with Gasteiger partial charge in [-0.05, 0) is 17.7 Å². The van der Waals surface area contributed by atoms with Gasteiger partial charge < -0.3 is 14.4 Å². The van der Waals surface area contributed by atoms with Gasteiger partial charge in [0.15, 0.2) is 6.29 Å². The number of anilines is 1. The monoisotopic (exact) mass is 241 g/mol. The molecule has 0 radical (unpaired) electrons. The summed E-state index contributed by atoms with van der Waals surface area (Å²) >= 11 is 0. The third kappa shape index (κ3) is 2.44. The first-order valence-corrected chi connectivity index (χ1v) is 5.26. The van der Waals surface area contributed by atoms with Gasteiger partial charge in [0.25, 0.3) is 5.92 Å². The SMILES string of the molecule is COC(C=O)c1cccc(N2CC(F)(F)C2)c1. The Morgan fingerprint density at radius 1 is 1.47 bits per heavy atom. The largest absolute Gasteiger partial charge is 0.369 e. The Balaban J connectivity index is 2.15. The molecule has 1 unspecified atom stereocenters. The lowest BCUT2D eigenvalue weighted by Gasteiger charge is -2.40. The molecule has 92 valence electrons. The van der Waals surface area contributed by atoms with Crippen LogP contribution in [0.4, 0.5) is 14.5 Å². The van der Waals surface area contributed by atoms with Gasteiger partial charge in [0.05, 0.1) is 13.1 Å². The maximum absolute atomic E-state index is 12.7. The number of alkyl halides is 2. The zero-order chi connectivity index (χ0) is 12.5. The maximum Gasteiger partial charge on any atom is 0.282 e. The first-order valence-electron chi connectivity index (χ1n) is 5.26. The van der Waals surface area contributed by atoms with E-state index in [4.69, 9.17) is 4.74 Å². The Morgan fingerprint density at radius 3 is 2.71 bits per heavy atom. The Labute approximate surface area is 98.0 Å². The van der Waals surface area contributed by atoms with Crippen LogP contribution >= 0.6 is 0 Å². The average Bonchev–Trinajstić information content (AvgIpc) is 2.28. The molecule has 0 bridgehead atoms. The van der Waals surface area contributed by atoms with Crippen LogP contribution in [-0.2, 0) is 9.53 Å². The van der Waals surface area contributed by atoms with E-state index in [1.807, 2.05) is 0 Å². The number of ether oxygens (including phenoxy) is 1. The second kappa shape index (κ2) is 4.41. The molecule has 1 heterocycles. The molecule has 0 aliphatic carbocycles. The number of hydrogen-bond donors (Lipinski definition) is 0. The van der Waals surface area contributed by atoms with Crippen molar-refractivity contribution in [2.24, 2.45) is 0 Å². The molecule has 0 saturated carbocycles. The second-order valence-corrected chi connectivity index (χ2v) is 4.10. The molecule has 1 saturated heterocycles. The van der Waals surface area contributed by atoms with Gasteiger partial charge in [0.1, 0.15) is 6.10 Å². The number of nitrogens with zero attached hydrogens (tertiary/aromatic N) is 1. The van der Waals surface area contributed by atoms with E-state index in [0.29, 0.717) is 17.5 Å². The lowest BCUT2D eigenvalue weighted by atomic mass is 10.1. The molecule has 1 aliphatic heterocycles. The Hall–Kier alpha value is -1.49. The summed E-state index contributed by atoms with van der Waals surface area (Å²) in [6, 6.07) is 6.93. The van der Waals surface area contributed by atoms with Crippen LogP contribution in [0, 0.1) is 0 Å². The number of aldehydes is 1. The number of carbonyl (C=O) groups excluding carboxylic acids is 1. The van der Waals surface area contributed by atoms with Crippen molar-refractivity contribution in [3.05, 3.63) is 29.8 Å². The first kappa shape index (κ1) is 12.0. The van der Waals surface area contributed by atoms with Crippen molar-refractivity contribution in [2.45, 2.75) is 12.0 Å². The standard InChI is InChI=1S/C12H13F2NO2/c1-17-11(6-16)9-3-2-4-10(5-9)15-7-12(13,14)8-15/h2-6,11H,7-8H2,1H3. The quantitative estimate of drug-likeness (QED) is 0.755. The van der Waals surface area contributed by atoms with Gasteiger partial charge in [-0.3, -0.25) is 0 Å². The summed E-state index contributed by atoms with van der Waals surface area (Å²) in [5.74, 6) is -2.60. The average molecular weight is 241 g/mol. The van der Waals surface area contributed by atoms with Gasteiger partial charge in [0.2, 0.25) is 0 Å². The van der Waals surface area contributed by atoms with E-state index in [-0.39, 0.29) is 13.1 Å². The van der Waals surface area contributed by atoms with E-state index in [1.165, 1.54) is 7.11 Å². The lowest BCUT2D eigenvalue weighted by molar-refractivity contribution is -0.116. The highest BCUT2D eigenvalue weighted by Gasteiger charge is 2.43. The van der Waals surface area contributed by atoms with Crippen LogP contribution < -0.4 is 4.90 Å². The van der Waals surface area contributed by atoms with Crippen LogP contribution in [0.3, 0.4) is 0 Å². The molecular formula is C12H13F2NO2. The summed E-state index contributed by atoms with van der Waals surface area (Å²) in [5, 5.41) is 0. The zero-order valence-corrected chi connectivity index (χ0v) is 9.40. The van der Waals surface area contributed by atoms with Crippen molar-refractivity contribution in [3.63, 3.8) is 0 Å². The highest BCUT2D eigenvalue weighted by atomic mass is 19.3. The van der Waals surface area contributed by atoms with E-state index in [1.54, 1.807) is 29.2 Å². The molecule has 0 amide bonds. The van der Waals surface area contributed by atoms with Gasteiger partial charge in [-0.15, -0.1) is 0 Å². The molecule has 1 aromatic rings. The van der Waals surface area contributed by atoms with Crippen LogP contribution in [0.5, 0.6) is 0 Å². The fourth-order valence-electron chi connectivity index (χ4n) is 1.86. The predicted molar refractivity (Wildman–Crippen MR) is 59.4 cm³/mol. The molecule has 17 heavy (non-hydrogen) atoms. The fourth-order valence-corrected chi connectivity index (χ4v) is 1.86. The molecule has 0 N–H and O–H groups in total. The van der Waals surface area contributed by atoms with E-state index >= 15 is 0 Å². The van der Waals surface area contributed by atoms with Crippen LogP contribution in [0.1, 0.15) is 11.7 Å². The minimum atomic E-state index is -2.60. The van der Waals surface area contributed by atoms with Gasteiger partial charge in [0, 0.05) is 12.8 Å². The third-order valence-corrected chi connectivity index (χ3v) is 2.79.